The summed E-state index contributed by atoms with van der Waals surface area (Å²) in [7, 11) is 1.60. The van der Waals surface area contributed by atoms with Crippen LogP contribution in [0.1, 0.15) is 17.7 Å². The number of anilines is 1. The molecule has 0 saturated carbocycles. The van der Waals surface area contributed by atoms with E-state index in [1.54, 1.807) is 14.0 Å². The molecule has 0 saturated heterocycles. The van der Waals surface area contributed by atoms with Crippen LogP contribution in [0.2, 0.25) is 0 Å². The fraction of sp³-hybridized carbons (Fsp3) is 0.250. The van der Waals surface area contributed by atoms with Gasteiger partial charge in [0.05, 0.1) is 5.52 Å². The number of halogens is 3. The Balaban J connectivity index is 2.82. The van der Waals surface area contributed by atoms with Gasteiger partial charge in [0.25, 0.3) is 6.43 Å². The zero-order valence-corrected chi connectivity index (χ0v) is 9.39. The van der Waals surface area contributed by atoms with E-state index in [4.69, 9.17) is 0 Å². The van der Waals surface area contributed by atoms with Gasteiger partial charge in [-0.2, -0.15) is 0 Å². The minimum Gasteiger partial charge on any atom is -0.388 e. The van der Waals surface area contributed by atoms with Gasteiger partial charge in [0.15, 0.2) is 0 Å². The van der Waals surface area contributed by atoms with Gasteiger partial charge in [-0.05, 0) is 30.7 Å². The largest absolute Gasteiger partial charge is 0.388 e. The molecular weight excluding hydrogens is 229 g/mol. The molecule has 2 rings (SSSR count). The zero-order chi connectivity index (χ0) is 12.6. The molecule has 0 unspecified atom stereocenters. The number of aryl methyl sites for hydroxylation is 1. The highest BCUT2D eigenvalue weighted by atomic mass is 19.3. The van der Waals surface area contributed by atoms with Crippen LogP contribution in [0, 0.1) is 12.7 Å². The number of nitrogens with one attached hydrogen (secondary N) is 1. The molecule has 0 atom stereocenters. The van der Waals surface area contributed by atoms with Crippen molar-refractivity contribution in [2.24, 2.45) is 0 Å². The summed E-state index contributed by atoms with van der Waals surface area (Å²) >= 11 is 0. The highest BCUT2D eigenvalue weighted by Crippen LogP contribution is 2.29. The van der Waals surface area contributed by atoms with Crippen LogP contribution >= 0.6 is 0 Å². The molecule has 2 aromatic rings. The summed E-state index contributed by atoms with van der Waals surface area (Å²) in [6, 6.07) is 3.81. The molecule has 1 heterocycles. The third-order valence-corrected chi connectivity index (χ3v) is 2.58. The quantitative estimate of drug-likeness (QED) is 0.866. The van der Waals surface area contributed by atoms with Crippen molar-refractivity contribution < 1.29 is 13.2 Å². The predicted octanol–water partition coefficient (Wildman–Crippen LogP) is 3.66. The van der Waals surface area contributed by atoms with Crippen molar-refractivity contribution in [3.63, 3.8) is 0 Å². The maximum atomic E-state index is 13.3. The van der Waals surface area contributed by atoms with E-state index < -0.39 is 12.2 Å². The number of rotatable bonds is 2. The van der Waals surface area contributed by atoms with Crippen LogP contribution in [0.4, 0.5) is 18.9 Å². The Hall–Kier alpha value is -1.78. The van der Waals surface area contributed by atoms with Crippen LogP contribution in [0.5, 0.6) is 0 Å². The van der Waals surface area contributed by atoms with Gasteiger partial charge in [0.2, 0.25) is 0 Å². The molecule has 2 nitrogen and oxygen atoms in total. The number of pyridine rings is 1. The highest BCUT2D eigenvalue weighted by Gasteiger charge is 2.14. The smallest absolute Gasteiger partial charge is 0.280 e. The predicted molar refractivity (Wildman–Crippen MR) is 60.9 cm³/mol. The third-order valence-electron chi connectivity index (χ3n) is 2.58. The van der Waals surface area contributed by atoms with Crippen molar-refractivity contribution in [1.29, 1.82) is 0 Å². The number of aromatic nitrogens is 1. The second-order valence-electron chi connectivity index (χ2n) is 3.76. The Morgan fingerprint density at radius 1 is 1.24 bits per heavy atom. The first-order valence-electron chi connectivity index (χ1n) is 5.09. The monoisotopic (exact) mass is 240 g/mol. The molecule has 90 valence electrons. The Kier molecular flexibility index (Phi) is 2.92. The molecule has 17 heavy (non-hydrogen) atoms. The number of benzene rings is 1. The maximum Gasteiger partial charge on any atom is 0.280 e. The standard InChI is InChI=1S/C12H11F3N2/c1-6-3-7(13)4-8-9(16-2)5-10(12(14)15)17-11(6)8/h3-5,12H,1-2H3,(H,16,17). The lowest BCUT2D eigenvalue weighted by molar-refractivity contribution is 0.146. The fourth-order valence-corrected chi connectivity index (χ4v) is 1.79. The molecule has 5 heteroatoms. The van der Waals surface area contributed by atoms with E-state index in [9.17, 15) is 13.2 Å². The van der Waals surface area contributed by atoms with Crippen LogP contribution in [-0.2, 0) is 0 Å². The molecular formula is C12H11F3N2. The lowest BCUT2D eigenvalue weighted by Crippen LogP contribution is -1.99. The lowest BCUT2D eigenvalue weighted by Gasteiger charge is -2.10. The van der Waals surface area contributed by atoms with Gasteiger partial charge in [-0.1, -0.05) is 0 Å². The van der Waals surface area contributed by atoms with Crippen LogP contribution < -0.4 is 5.32 Å². The fourth-order valence-electron chi connectivity index (χ4n) is 1.79. The van der Waals surface area contributed by atoms with Crippen molar-refractivity contribution in [2.75, 3.05) is 12.4 Å². The first-order valence-corrected chi connectivity index (χ1v) is 5.09. The molecule has 0 aliphatic carbocycles. The minimum atomic E-state index is -2.64. The van der Waals surface area contributed by atoms with E-state index in [0.717, 1.165) is 0 Å². The average Bonchev–Trinajstić information content (AvgIpc) is 2.27. The van der Waals surface area contributed by atoms with Crippen molar-refractivity contribution >= 4 is 16.6 Å². The molecule has 0 aliphatic rings. The Bertz CT molecular complexity index is 567. The van der Waals surface area contributed by atoms with Gasteiger partial charge >= 0.3 is 0 Å². The summed E-state index contributed by atoms with van der Waals surface area (Å²) in [5, 5.41) is 3.29. The van der Waals surface area contributed by atoms with Crippen LogP contribution in [-0.4, -0.2) is 12.0 Å². The second kappa shape index (κ2) is 4.24. The molecule has 0 radical (unpaired) electrons. The Labute approximate surface area is 96.5 Å². The molecule has 1 aromatic carbocycles. The first kappa shape index (κ1) is 11.7. The molecule has 0 fully saturated rings. The summed E-state index contributed by atoms with van der Waals surface area (Å²) < 4.78 is 38.6. The summed E-state index contributed by atoms with van der Waals surface area (Å²) in [5.74, 6) is -0.405. The number of alkyl halides is 2. The zero-order valence-electron chi connectivity index (χ0n) is 9.39. The van der Waals surface area contributed by atoms with Gasteiger partial charge in [-0.25, -0.2) is 18.2 Å². The lowest BCUT2D eigenvalue weighted by atomic mass is 10.1. The van der Waals surface area contributed by atoms with E-state index in [1.807, 2.05) is 0 Å². The second-order valence-corrected chi connectivity index (χ2v) is 3.76. The van der Waals surface area contributed by atoms with E-state index in [1.165, 1.54) is 18.2 Å². The summed E-state index contributed by atoms with van der Waals surface area (Å²) in [6.07, 6.45) is -2.64. The molecule has 0 bridgehead atoms. The van der Waals surface area contributed by atoms with E-state index in [-0.39, 0.29) is 5.69 Å². The van der Waals surface area contributed by atoms with Crippen molar-refractivity contribution in [3.05, 3.63) is 35.3 Å². The van der Waals surface area contributed by atoms with Crippen molar-refractivity contribution in [1.82, 2.24) is 4.98 Å². The van der Waals surface area contributed by atoms with Gasteiger partial charge in [0, 0.05) is 18.1 Å². The number of fused-ring (bicyclic) bond motifs is 1. The van der Waals surface area contributed by atoms with Gasteiger partial charge < -0.3 is 5.32 Å². The number of nitrogens with zero attached hydrogens (tertiary/aromatic N) is 1. The highest BCUT2D eigenvalue weighted by molar-refractivity contribution is 5.93. The molecule has 0 amide bonds. The van der Waals surface area contributed by atoms with E-state index in [2.05, 4.69) is 10.3 Å². The van der Waals surface area contributed by atoms with Gasteiger partial charge in [0.1, 0.15) is 11.5 Å². The van der Waals surface area contributed by atoms with Crippen molar-refractivity contribution in [2.45, 2.75) is 13.3 Å². The van der Waals surface area contributed by atoms with Crippen LogP contribution in [0.3, 0.4) is 0 Å². The molecule has 0 spiro atoms. The number of hydrogen-bond donors (Lipinski definition) is 1. The topological polar surface area (TPSA) is 24.9 Å². The number of hydrogen-bond acceptors (Lipinski definition) is 2. The first-order chi connectivity index (χ1) is 8.02. The van der Waals surface area contributed by atoms with Crippen molar-refractivity contribution in [3.8, 4) is 0 Å². The summed E-state index contributed by atoms with van der Waals surface area (Å²) in [4.78, 5) is 3.87. The van der Waals surface area contributed by atoms with Crippen LogP contribution in [0.25, 0.3) is 10.9 Å². The van der Waals surface area contributed by atoms with E-state index >= 15 is 0 Å². The van der Waals surface area contributed by atoms with Gasteiger partial charge in [-0.15, -0.1) is 0 Å². The molecule has 0 aliphatic heterocycles. The van der Waals surface area contributed by atoms with Gasteiger partial charge in [-0.3, -0.25) is 0 Å². The average molecular weight is 240 g/mol. The van der Waals surface area contributed by atoms with Crippen LogP contribution in [0.15, 0.2) is 18.2 Å². The third kappa shape index (κ3) is 2.05. The van der Waals surface area contributed by atoms with E-state index in [0.29, 0.717) is 22.2 Å². The Morgan fingerprint density at radius 3 is 2.53 bits per heavy atom. The summed E-state index contributed by atoms with van der Waals surface area (Å²) in [5.41, 5.74) is 1.08. The molecule has 1 N–H and O–H groups in total. The normalized spacial score (nSPS) is 11.2. The molecule has 1 aromatic heterocycles. The minimum absolute atomic E-state index is 0.309. The summed E-state index contributed by atoms with van der Waals surface area (Å²) in [6.45, 7) is 1.65. The Morgan fingerprint density at radius 2 is 1.94 bits per heavy atom. The SMILES string of the molecule is CNc1cc(C(F)F)nc2c(C)cc(F)cc12. The maximum absolute atomic E-state index is 13.3.